The summed E-state index contributed by atoms with van der Waals surface area (Å²) in [5, 5.41) is 2.70. The SMILES string of the molecule is CCOC(=O)c1c(NC(=O)CN(c2ccc(F)c(Cl)c2)S(=O)(=O)c2ccc(OC)c(OC)c2)sc2c1CCCC2. The molecular weight excluding hydrogens is 583 g/mol. The predicted molar refractivity (Wildman–Crippen MR) is 151 cm³/mol. The van der Waals surface area contributed by atoms with E-state index in [4.69, 9.17) is 25.8 Å². The zero-order chi connectivity index (χ0) is 29.0. The molecular formula is C27H28ClFN2O7S2. The standard InChI is InChI=1S/C27H28ClFN2O7S2/c1-4-38-27(33)25-18-7-5-6-8-23(18)39-26(25)30-24(32)15-31(16-9-11-20(29)19(28)13-16)40(34,35)17-10-12-21(36-2)22(14-17)37-3/h9-14H,4-8,15H2,1-3H3,(H,30,32). The molecule has 1 amide bonds. The number of amides is 1. The van der Waals surface area contributed by atoms with Crippen LogP contribution < -0.4 is 19.1 Å². The van der Waals surface area contributed by atoms with Crippen LogP contribution in [0.4, 0.5) is 15.1 Å². The minimum Gasteiger partial charge on any atom is -0.493 e. The third kappa shape index (κ3) is 6.03. The van der Waals surface area contributed by atoms with Gasteiger partial charge in [-0.15, -0.1) is 11.3 Å². The predicted octanol–water partition coefficient (Wildman–Crippen LogP) is 5.45. The molecule has 0 spiro atoms. The van der Waals surface area contributed by atoms with Gasteiger partial charge in [0.25, 0.3) is 10.0 Å². The number of thiophene rings is 1. The second kappa shape index (κ2) is 12.4. The van der Waals surface area contributed by atoms with Gasteiger partial charge >= 0.3 is 5.97 Å². The summed E-state index contributed by atoms with van der Waals surface area (Å²) in [6.45, 7) is 1.17. The van der Waals surface area contributed by atoms with E-state index in [1.165, 1.54) is 49.8 Å². The Bertz CT molecular complexity index is 1540. The molecule has 1 aliphatic carbocycles. The monoisotopic (exact) mass is 610 g/mol. The molecule has 1 N–H and O–H groups in total. The van der Waals surface area contributed by atoms with Crippen molar-refractivity contribution in [3.63, 3.8) is 0 Å². The molecule has 2 aromatic carbocycles. The van der Waals surface area contributed by atoms with Crippen LogP contribution in [0.3, 0.4) is 0 Å². The van der Waals surface area contributed by atoms with Gasteiger partial charge in [0.15, 0.2) is 11.5 Å². The van der Waals surface area contributed by atoms with Crippen LogP contribution in [0.5, 0.6) is 11.5 Å². The second-order valence-corrected chi connectivity index (χ2v) is 12.2. The van der Waals surface area contributed by atoms with Gasteiger partial charge in [-0.2, -0.15) is 0 Å². The molecule has 0 saturated heterocycles. The molecule has 1 heterocycles. The van der Waals surface area contributed by atoms with Crippen molar-refractivity contribution in [3.8, 4) is 11.5 Å². The maximum absolute atomic E-state index is 14.0. The molecule has 40 heavy (non-hydrogen) atoms. The second-order valence-electron chi connectivity index (χ2n) is 8.81. The Morgan fingerprint density at radius 2 is 1.80 bits per heavy atom. The molecule has 0 bridgehead atoms. The zero-order valence-electron chi connectivity index (χ0n) is 22.1. The molecule has 1 aromatic heterocycles. The number of sulfonamides is 1. The zero-order valence-corrected chi connectivity index (χ0v) is 24.5. The van der Waals surface area contributed by atoms with Crippen molar-refractivity contribution in [2.45, 2.75) is 37.5 Å². The number of hydrogen-bond acceptors (Lipinski definition) is 8. The number of carbonyl (C=O) groups is 2. The minimum atomic E-state index is -4.40. The fourth-order valence-corrected chi connectivity index (χ4v) is 7.33. The first kappa shape index (κ1) is 29.6. The fourth-order valence-electron chi connectivity index (χ4n) is 4.43. The third-order valence-corrected chi connectivity index (χ3v) is 9.59. The lowest BCUT2D eigenvalue weighted by atomic mass is 9.95. The number of fused-ring (bicyclic) bond motifs is 1. The number of nitrogens with one attached hydrogen (secondary N) is 1. The van der Waals surface area contributed by atoms with Crippen molar-refractivity contribution in [3.05, 3.63) is 63.2 Å². The number of anilines is 2. The van der Waals surface area contributed by atoms with Crippen LogP contribution >= 0.6 is 22.9 Å². The highest BCUT2D eigenvalue weighted by Crippen LogP contribution is 2.39. The van der Waals surface area contributed by atoms with Gasteiger partial charge < -0.3 is 19.5 Å². The van der Waals surface area contributed by atoms with E-state index in [2.05, 4.69) is 5.32 Å². The van der Waals surface area contributed by atoms with Gasteiger partial charge in [-0.25, -0.2) is 17.6 Å². The maximum Gasteiger partial charge on any atom is 0.341 e. The van der Waals surface area contributed by atoms with E-state index in [9.17, 15) is 22.4 Å². The largest absolute Gasteiger partial charge is 0.493 e. The van der Waals surface area contributed by atoms with Crippen LogP contribution in [-0.4, -0.2) is 47.7 Å². The van der Waals surface area contributed by atoms with Crippen LogP contribution in [0.1, 0.15) is 40.6 Å². The van der Waals surface area contributed by atoms with Crippen molar-refractivity contribution in [2.75, 3.05) is 37.0 Å². The summed E-state index contributed by atoms with van der Waals surface area (Å²) >= 11 is 7.25. The van der Waals surface area contributed by atoms with Crippen LogP contribution in [-0.2, 0) is 32.4 Å². The quantitative estimate of drug-likeness (QED) is 0.304. The number of methoxy groups -OCH3 is 2. The molecule has 9 nitrogen and oxygen atoms in total. The molecule has 214 valence electrons. The average Bonchev–Trinajstić information content (AvgIpc) is 3.30. The molecule has 0 unspecified atom stereocenters. The van der Waals surface area contributed by atoms with E-state index in [1.54, 1.807) is 6.92 Å². The van der Waals surface area contributed by atoms with Crippen molar-refractivity contribution < 1.29 is 36.6 Å². The topological polar surface area (TPSA) is 111 Å². The number of rotatable bonds is 10. The van der Waals surface area contributed by atoms with Gasteiger partial charge in [0.2, 0.25) is 5.91 Å². The van der Waals surface area contributed by atoms with Gasteiger partial charge in [-0.1, -0.05) is 11.6 Å². The van der Waals surface area contributed by atoms with E-state index in [1.807, 2.05) is 0 Å². The number of halogens is 2. The Labute approximate surface area is 240 Å². The normalized spacial score (nSPS) is 12.8. The molecule has 0 atom stereocenters. The molecule has 0 aliphatic heterocycles. The summed E-state index contributed by atoms with van der Waals surface area (Å²) in [6.07, 6.45) is 3.33. The van der Waals surface area contributed by atoms with Crippen molar-refractivity contribution in [2.24, 2.45) is 0 Å². The fraction of sp³-hybridized carbons (Fsp3) is 0.333. The van der Waals surface area contributed by atoms with E-state index in [0.717, 1.165) is 46.1 Å². The van der Waals surface area contributed by atoms with Crippen LogP contribution in [0, 0.1) is 5.82 Å². The van der Waals surface area contributed by atoms with Crippen LogP contribution in [0.2, 0.25) is 5.02 Å². The summed E-state index contributed by atoms with van der Waals surface area (Å²) in [4.78, 5) is 27.0. The Balaban J connectivity index is 1.72. The molecule has 3 aromatic rings. The van der Waals surface area contributed by atoms with Crippen LogP contribution in [0.15, 0.2) is 41.3 Å². The molecule has 13 heteroatoms. The van der Waals surface area contributed by atoms with E-state index in [0.29, 0.717) is 22.7 Å². The van der Waals surface area contributed by atoms with Gasteiger partial charge in [-0.3, -0.25) is 9.10 Å². The highest BCUT2D eigenvalue weighted by Gasteiger charge is 2.31. The summed E-state index contributed by atoms with van der Waals surface area (Å²) in [7, 11) is -1.62. The minimum absolute atomic E-state index is 0.0348. The number of aryl methyl sites for hydroxylation is 1. The molecule has 0 saturated carbocycles. The number of hydrogen-bond donors (Lipinski definition) is 1. The van der Waals surface area contributed by atoms with Crippen molar-refractivity contribution >= 4 is 55.5 Å². The first-order chi connectivity index (χ1) is 19.1. The summed E-state index contributed by atoms with van der Waals surface area (Å²) in [6, 6.07) is 7.33. The Morgan fingerprint density at radius 3 is 2.48 bits per heavy atom. The lowest BCUT2D eigenvalue weighted by Crippen LogP contribution is -2.38. The Kier molecular flexibility index (Phi) is 9.22. The van der Waals surface area contributed by atoms with Gasteiger partial charge in [0, 0.05) is 10.9 Å². The Hall–Kier alpha value is -3.35. The number of benzene rings is 2. The van der Waals surface area contributed by atoms with E-state index in [-0.39, 0.29) is 28.0 Å². The summed E-state index contributed by atoms with van der Waals surface area (Å²) in [5.74, 6) is -1.54. The lowest BCUT2D eigenvalue weighted by Gasteiger charge is -2.24. The maximum atomic E-state index is 14.0. The van der Waals surface area contributed by atoms with Crippen LogP contribution in [0.25, 0.3) is 0 Å². The summed E-state index contributed by atoms with van der Waals surface area (Å²) in [5.41, 5.74) is 1.12. The third-order valence-electron chi connectivity index (χ3n) is 6.33. The van der Waals surface area contributed by atoms with Gasteiger partial charge in [0.05, 0.1) is 42.0 Å². The molecule has 0 fully saturated rings. The lowest BCUT2D eigenvalue weighted by molar-refractivity contribution is -0.114. The summed E-state index contributed by atoms with van der Waals surface area (Å²) < 4.78 is 58.1. The van der Waals surface area contributed by atoms with Crippen molar-refractivity contribution in [1.82, 2.24) is 0 Å². The van der Waals surface area contributed by atoms with E-state index >= 15 is 0 Å². The molecule has 0 radical (unpaired) electrons. The number of carbonyl (C=O) groups excluding carboxylic acids is 2. The number of nitrogens with zero attached hydrogens (tertiary/aromatic N) is 1. The average molecular weight is 611 g/mol. The van der Waals surface area contributed by atoms with Gasteiger partial charge in [0.1, 0.15) is 17.4 Å². The first-order valence-corrected chi connectivity index (χ1v) is 15.1. The van der Waals surface area contributed by atoms with Gasteiger partial charge in [-0.05, 0) is 68.5 Å². The first-order valence-electron chi connectivity index (χ1n) is 12.4. The molecule has 1 aliphatic rings. The highest BCUT2D eigenvalue weighted by atomic mass is 35.5. The van der Waals surface area contributed by atoms with E-state index < -0.39 is 34.3 Å². The number of esters is 1. The highest BCUT2D eigenvalue weighted by molar-refractivity contribution is 7.92. The molecule has 4 rings (SSSR count). The Morgan fingerprint density at radius 1 is 1.07 bits per heavy atom. The smallest absolute Gasteiger partial charge is 0.341 e. The number of ether oxygens (including phenoxy) is 3. The van der Waals surface area contributed by atoms with Crippen molar-refractivity contribution in [1.29, 1.82) is 0 Å².